The molecule has 1 aliphatic rings. The summed E-state index contributed by atoms with van der Waals surface area (Å²) in [5, 5.41) is 10.5. The summed E-state index contributed by atoms with van der Waals surface area (Å²) in [6.45, 7) is 0. The number of halogens is 1. The first-order chi connectivity index (χ1) is 7.81. The number of alkyl halides is 1. The summed E-state index contributed by atoms with van der Waals surface area (Å²) in [6, 6.07) is 0.301. The van der Waals surface area contributed by atoms with E-state index in [2.05, 4.69) is 31.4 Å². The van der Waals surface area contributed by atoms with Crippen LogP contribution in [0, 0.1) is 5.92 Å². The molecule has 0 bridgehead atoms. The number of nitrogens with one attached hydrogen (secondary N) is 2. The van der Waals surface area contributed by atoms with Gasteiger partial charge in [0.15, 0.2) is 0 Å². The van der Waals surface area contributed by atoms with Gasteiger partial charge in [0.05, 0.1) is 11.8 Å². The van der Waals surface area contributed by atoms with E-state index < -0.39 is 0 Å². The quantitative estimate of drug-likeness (QED) is 0.836. The van der Waals surface area contributed by atoms with Crippen LogP contribution in [-0.2, 0) is 0 Å². The second-order valence-electron chi connectivity index (χ2n) is 4.27. The van der Waals surface area contributed by atoms with E-state index in [1.807, 2.05) is 0 Å². The minimum Gasteiger partial charge on any atom is -0.349 e. The highest BCUT2D eigenvalue weighted by atomic mass is 79.9. The Bertz CT molecular complexity index is 339. The van der Waals surface area contributed by atoms with Crippen molar-refractivity contribution in [2.24, 2.45) is 5.92 Å². The van der Waals surface area contributed by atoms with Gasteiger partial charge in [0.1, 0.15) is 0 Å². The van der Waals surface area contributed by atoms with Crippen molar-refractivity contribution in [2.75, 3.05) is 5.33 Å². The number of nitrogens with zero attached hydrogens (tertiary/aromatic N) is 1. The summed E-state index contributed by atoms with van der Waals surface area (Å²) < 4.78 is 0. The highest BCUT2D eigenvalue weighted by Crippen LogP contribution is 2.26. The van der Waals surface area contributed by atoms with Crippen molar-refractivity contribution in [3.05, 3.63) is 18.0 Å². The Morgan fingerprint density at radius 3 is 3.06 bits per heavy atom. The molecule has 0 saturated heterocycles. The zero-order chi connectivity index (χ0) is 11.4. The molecular formula is C11H16BrN3O. The summed E-state index contributed by atoms with van der Waals surface area (Å²) in [7, 11) is 0. The van der Waals surface area contributed by atoms with Gasteiger partial charge in [0, 0.05) is 17.6 Å². The van der Waals surface area contributed by atoms with Gasteiger partial charge in [-0.2, -0.15) is 5.10 Å². The van der Waals surface area contributed by atoms with Gasteiger partial charge in [-0.15, -0.1) is 0 Å². The number of hydrogen-bond acceptors (Lipinski definition) is 2. The van der Waals surface area contributed by atoms with Crippen LogP contribution in [-0.4, -0.2) is 27.5 Å². The molecule has 2 atom stereocenters. The third-order valence-electron chi connectivity index (χ3n) is 3.18. The SMILES string of the molecule is O=C(NC1CCCCC1CBr)c1cn[nH]c1. The summed E-state index contributed by atoms with van der Waals surface area (Å²) in [5.74, 6) is 0.538. The van der Waals surface area contributed by atoms with Crippen molar-refractivity contribution in [3.63, 3.8) is 0 Å². The Labute approximate surface area is 103 Å². The zero-order valence-corrected chi connectivity index (χ0v) is 10.7. The molecule has 4 nitrogen and oxygen atoms in total. The molecule has 2 N–H and O–H groups in total. The predicted octanol–water partition coefficient (Wildman–Crippen LogP) is 2.09. The van der Waals surface area contributed by atoms with Gasteiger partial charge in [-0.1, -0.05) is 28.8 Å². The molecule has 0 radical (unpaired) electrons. The molecule has 0 spiro atoms. The number of H-pyrrole nitrogens is 1. The molecule has 1 amide bonds. The fourth-order valence-electron chi connectivity index (χ4n) is 2.21. The highest BCUT2D eigenvalue weighted by molar-refractivity contribution is 9.09. The van der Waals surface area contributed by atoms with Gasteiger partial charge in [-0.05, 0) is 18.8 Å². The van der Waals surface area contributed by atoms with Crippen molar-refractivity contribution in [2.45, 2.75) is 31.7 Å². The Hall–Kier alpha value is -0.840. The predicted molar refractivity (Wildman–Crippen MR) is 65.6 cm³/mol. The molecule has 1 aromatic rings. The normalized spacial score (nSPS) is 25.3. The number of hydrogen-bond donors (Lipinski definition) is 2. The molecule has 5 heteroatoms. The molecule has 1 aromatic heterocycles. The number of rotatable bonds is 3. The molecule has 2 rings (SSSR count). The van der Waals surface area contributed by atoms with Crippen LogP contribution in [0.5, 0.6) is 0 Å². The molecule has 0 aliphatic heterocycles. The summed E-state index contributed by atoms with van der Waals surface area (Å²) in [5.41, 5.74) is 0.610. The second kappa shape index (κ2) is 5.48. The first-order valence-corrected chi connectivity index (χ1v) is 6.79. The van der Waals surface area contributed by atoms with E-state index in [1.54, 1.807) is 12.4 Å². The molecule has 16 heavy (non-hydrogen) atoms. The summed E-state index contributed by atoms with van der Waals surface area (Å²) in [4.78, 5) is 11.8. The maximum Gasteiger partial charge on any atom is 0.254 e. The lowest BCUT2D eigenvalue weighted by molar-refractivity contribution is 0.0911. The average Bonchev–Trinajstić information content (AvgIpc) is 2.83. The maximum absolute atomic E-state index is 11.8. The Morgan fingerprint density at radius 2 is 2.38 bits per heavy atom. The van der Waals surface area contributed by atoms with Crippen LogP contribution < -0.4 is 5.32 Å². The average molecular weight is 286 g/mol. The van der Waals surface area contributed by atoms with Crippen molar-refractivity contribution in [1.29, 1.82) is 0 Å². The number of carbonyl (C=O) groups excluding carboxylic acids is 1. The topological polar surface area (TPSA) is 57.8 Å². The highest BCUT2D eigenvalue weighted by Gasteiger charge is 2.25. The van der Waals surface area contributed by atoms with E-state index in [1.165, 1.54) is 19.3 Å². The smallest absolute Gasteiger partial charge is 0.254 e. The number of amides is 1. The lowest BCUT2D eigenvalue weighted by Gasteiger charge is -2.30. The number of aromatic nitrogens is 2. The maximum atomic E-state index is 11.8. The first-order valence-electron chi connectivity index (χ1n) is 5.67. The van der Waals surface area contributed by atoms with Crippen LogP contribution in [0.15, 0.2) is 12.4 Å². The third kappa shape index (κ3) is 2.64. The fourth-order valence-corrected chi connectivity index (χ4v) is 2.98. The molecule has 88 valence electrons. The largest absolute Gasteiger partial charge is 0.349 e. The van der Waals surface area contributed by atoms with Gasteiger partial charge >= 0.3 is 0 Å². The van der Waals surface area contributed by atoms with E-state index in [0.717, 1.165) is 11.8 Å². The number of carbonyl (C=O) groups is 1. The molecule has 0 aromatic carbocycles. The van der Waals surface area contributed by atoms with E-state index in [9.17, 15) is 4.79 Å². The fraction of sp³-hybridized carbons (Fsp3) is 0.636. The van der Waals surface area contributed by atoms with Crippen molar-refractivity contribution in [1.82, 2.24) is 15.5 Å². The van der Waals surface area contributed by atoms with Gasteiger partial charge in [-0.25, -0.2) is 0 Å². The monoisotopic (exact) mass is 285 g/mol. The first kappa shape index (κ1) is 11.6. The molecule has 1 heterocycles. The van der Waals surface area contributed by atoms with Crippen LogP contribution in [0.25, 0.3) is 0 Å². The number of aromatic amines is 1. The Kier molecular flexibility index (Phi) is 3.98. The van der Waals surface area contributed by atoms with Crippen LogP contribution in [0.1, 0.15) is 36.0 Å². The second-order valence-corrected chi connectivity index (χ2v) is 4.91. The third-order valence-corrected chi connectivity index (χ3v) is 4.02. The van der Waals surface area contributed by atoms with E-state index in [4.69, 9.17) is 0 Å². The van der Waals surface area contributed by atoms with E-state index in [0.29, 0.717) is 17.5 Å². The molecule has 1 aliphatic carbocycles. The summed E-state index contributed by atoms with van der Waals surface area (Å²) in [6.07, 6.45) is 7.94. The minimum absolute atomic E-state index is 0.0217. The lowest BCUT2D eigenvalue weighted by atomic mass is 9.86. The van der Waals surface area contributed by atoms with E-state index in [-0.39, 0.29) is 5.91 Å². The van der Waals surface area contributed by atoms with Crippen LogP contribution in [0.2, 0.25) is 0 Å². The standard InChI is InChI=1S/C11H16BrN3O/c12-5-8-3-1-2-4-10(8)15-11(16)9-6-13-14-7-9/h6-8,10H,1-5H2,(H,13,14)(H,15,16). The van der Waals surface area contributed by atoms with Crippen LogP contribution >= 0.6 is 15.9 Å². The van der Waals surface area contributed by atoms with Gasteiger partial charge < -0.3 is 5.32 Å². The van der Waals surface area contributed by atoms with Gasteiger partial charge in [0.25, 0.3) is 5.91 Å². The van der Waals surface area contributed by atoms with Crippen molar-refractivity contribution >= 4 is 21.8 Å². The Morgan fingerprint density at radius 1 is 1.56 bits per heavy atom. The molecule has 2 unspecified atom stereocenters. The van der Waals surface area contributed by atoms with Crippen molar-refractivity contribution < 1.29 is 4.79 Å². The van der Waals surface area contributed by atoms with E-state index >= 15 is 0 Å². The molecule has 1 fully saturated rings. The van der Waals surface area contributed by atoms with Gasteiger partial charge in [0.2, 0.25) is 0 Å². The van der Waals surface area contributed by atoms with Gasteiger partial charge in [-0.3, -0.25) is 9.89 Å². The summed E-state index contributed by atoms with van der Waals surface area (Å²) >= 11 is 3.52. The van der Waals surface area contributed by atoms with Crippen molar-refractivity contribution in [3.8, 4) is 0 Å². The molecular weight excluding hydrogens is 270 g/mol. The molecule has 1 saturated carbocycles. The lowest BCUT2D eigenvalue weighted by Crippen LogP contribution is -2.42. The minimum atomic E-state index is -0.0217. The van der Waals surface area contributed by atoms with Crippen LogP contribution in [0.4, 0.5) is 0 Å². The Balaban J connectivity index is 1.95. The zero-order valence-electron chi connectivity index (χ0n) is 9.08. The van der Waals surface area contributed by atoms with Crippen LogP contribution in [0.3, 0.4) is 0 Å².